The second kappa shape index (κ2) is 4.41. The molecule has 1 aromatic carbocycles. The van der Waals surface area contributed by atoms with Gasteiger partial charge in [-0.2, -0.15) is 0 Å². The number of aromatic nitrogens is 1. The zero-order valence-corrected chi connectivity index (χ0v) is 8.98. The van der Waals surface area contributed by atoms with E-state index in [1.165, 1.54) is 10.9 Å². The molecule has 0 saturated carbocycles. The largest absolute Gasteiger partial charge is 0.328 e. The predicted octanol–water partition coefficient (Wildman–Crippen LogP) is 2.51. The van der Waals surface area contributed by atoms with Gasteiger partial charge in [0.1, 0.15) is 0 Å². The Hall–Kier alpha value is -1.41. The summed E-state index contributed by atoms with van der Waals surface area (Å²) in [5.41, 5.74) is 8.18. The van der Waals surface area contributed by atoms with E-state index in [1.54, 1.807) is 0 Å². The molecule has 2 rings (SSSR count). The summed E-state index contributed by atoms with van der Waals surface area (Å²) in [5.74, 6) is 0. The molecule has 2 nitrogen and oxygen atoms in total. The van der Waals surface area contributed by atoms with Crippen LogP contribution < -0.4 is 5.73 Å². The normalized spacial score (nSPS) is 12.9. The summed E-state index contributed by atoms with van der Waals surface area (Å²) in [4.78, 5) is 4.34. The van der Waals surface area contributed by atoms with Crippen LogP contribution in [0, 0.1) is 0 Å². The Labute approximate surface area is 90.1 Å². The van der Waals surface area contributed by atoms with E-state index in [4.69, 9.17) is 5.73 Å². The van der Waals surface area contributed by atoms with Gasteiger partial charge in [-0.25, -0.2) is 0 Å². The number of nitrogens with zero attached hydrogens (tertiary/aromatic N) is 1. The van der Waals surface area contributed by atoms with E-state index in [0.29, 0.717) is 0 Å². The van der Waals surface area contributed by atoms with Crippen molar-refractivity contribution in [2.24, 2.45) is 5.73 Å². The van der Waals surface area contributed by atoms with E-state index < -0.39 is 0 Å². The first kappa shape index (κ1) is 10.1. The summed E-state index contributed by atoms with van der Waals surface area (Å²) in [6.45, 7) is 2.05. The lowest BCUT2D eigenvalue weighted by molar-refractivity contribution is 0.668. The first-order valence-electron chi connectivity index (χ1n) is 5.35. The van der Waals surface area contributed by atoms with E-state index >= 15 is 0 Å². The van der Waals surface area contributed by atoms with Gasteiger partial charge in [-0.15, -0.1) is 0 Å². The second-order valence-corrected chi connectivity index (χ2v) is 4.00. The first-order chi connectivity index (χ1) is 7.27. The van der Waals surface area contributed by atoms with E-state index in [-0.39, 0.29) is 6.04 Å². The molecule has 0 aliphatic heterocycles. The Bertz CT molecular complexity index is 444. The van der Waals surface area contributed by atoms with Gasteiger partial charge in [-0.05, 0) is 37.5 Å². The van der Waals surface area contributed by atoms with Crippen molar-refractivity contribution in [1.29, 1.82) is 0 Å². The average Bonchev–Trinajstić information content (AvgIpc) is 2.26. The number of aryl methyl sites for hydroxylation is 1. The lowest BCUT2D eigenvalue weighted by Crippen LogP contribution is -2.15. The number of para-hydroxylation sites is 1. The zero-order chi connectivity index (χ0) is 10.7. The Morgan fingerprint density at radius 2 is 2.07 bits per heavy atom. The Kier molecular flexibility index (Phi) is 2.97. The third-order valence-electron chi connectivity index (χ3n) is 2.61. The van der Waals surface area contributed by atoms with Crippen LogP contribution in [0.25, 0.3) is 10.9 Å². The predicted molar refractivity (Wildman–Crippen MR) is 63.7 cm³/mol. The molecule has 0 fully saturated rings. The lowest BCUT2D eigenvalue weighted by atomic mass is 10.0. The first-order valence-corrected chi connectivity index (χ1v) is 5.35. The standard InChI is InChI=1S/C13H16N2/c1-10(14)6-7-11-8-9-15-13-5-3-2-4-12(11)13/h2-5,8-10H,6-7,14H2,1H3/t10-/m0/s1. The molecule has 0 spiro atoms. The highest BCUT2D eigenvalue weighted by Crippen LogP contribution is 2.17. The number of fused-ring (bicyclic) bond motifs is 1. The van der Waals surface area contributed by atoms with Crippen molar-refractivity contribution in [1.82, 2.24) is 4.98 Å². The molecule has 0 aliphatic carbocycles. The molecule has 0 radical (unpaired) electrons. The monoisotopic (exact) mass is 200 g/mol. The zero-order valence-electron chi connectivity index (χ0n) is 8.98. The number of hydrogen-bond donors (Lipinski definition) is 1. The third kappa shape index (κ3) is 2.34. The maximum Gasteiger partial charge on any atom is 0.0704 e. The Balaban J connectivity index is 2.34. The third-order valence-corrected chi connectivity index (χ3v) is 2.61. The van der Waals surface area contributed by atoms with Gasteiger partial charge >= 0.3 is 0 Å². The van der Waals surface area contributed by atoms with Crippen molar-refractivity contribution in [3.8, 4) is 0 Å². The molecule has 2 aromatic rings. The molecule has 1 atom stereocenters. The molecule has 0 unspecified atom stereocenters. The quantitative estimate of drug-likeness (QED) is 0.826. The van der Waals surface area contributed by atoms with E-state index in [0.717, 1.165) is 18.4 Å². The van der Waals surface area contributed by atoms with Gasteiger partial charge in [-0.3, -0.25) is 4.98 Å². The maximum absolute atomic E-state index is 5.77. The van der Waals surface area contributed by atoms with Crippen LogP contribution >= 0.6 is 0 Å². The molecule has 1 aromatic heterocycles. The minimum Gasteiger partial charge on any atom is -0.328 e. The van der Waals surface area contributed by atoms with Gasteiger partial charge in [-0.1, -0.05) is 18.2 Å². The highest BCUT2D eigenvalue weighted by molar-refractivity contribution is 5.81. The number of nitrogens with two attached hydrogens (primary N) is 1. The van der Waals surface area contributed by atoms with Crippen LogP contribution in [0.1, 0.15) is 18.9 Å². The lowest BCUT2D eigenvalue weighted by Gasteiger charge is -2.07. The molecule has 0 aliphatic rings. The van der Waals surface area contributed by atoms with Crippen molar-refractivity contribution in [3.05, 3.63) is 42.1 Å². The molecule has 1 heterocycles. The van der Waals surface area contributed by atoms with Gasteiger partial charge in [0.15, 0.2) is 0 Å². The smallest absolute Gasteiger partial charge is 0.0704 e. The number of pyridine rings is 1. The van der Waals surface area contributed by atoms with Crippen LogP contribution in [-0.2, 0) is 6.42 Å². The van der Waals surface area contributed by atoms with Gasteiger partial charge in [0.2, 0.25) is 0 Å². The van der Waals surface area contributed by atoms with E-state index in [9.17, 15) is 0 Å². The minimum absolute atomic E-state index is 0.261. The highest BCUT2D eigenvalue weighted by atomic mass is 14.6. The van der Waals surface area contributed by atoms with Crippen LogP contribution in [0.5, 0.6) is 0 Å². The summed E-state index contributed by atoms with van der Waals surface area (Å²) >= 11 is 0. The summed E-state index contributed by atoms with van der Waals surface area (Å²) in [6, 6.07) is 10.6. The number of hydrogen-bond acceptors (Lipinski definition) is 2. The molecule has 0 bridgehead atoms. The van der Waals surface area contributed by atoms with Crippen molar-refractivity contribution in [2.75, 3.05) is 0 Å². The van der Waals surface area contributed by atoms with E-state index in [2.05, 4.69) is 23.2 Å². The van der Waals surface area contributed by atoms with Crippen molar-refractivity contribution in [3.63, 3.8) is 0 Å². The van der Waals surface area contributed by atoms with Crippen LogP contribution in [0.2, 0.25) is 0 Å². The summed E-state index contributed by atoms with van der Waals surface area (Å²) in [7, 11) is 0. The van der Waals surface area contributed by atoms with Crippen LogP contribution in [0.3, 0.4) is 0 Å². The average molecular weight is 200 g/mol. The molecule has 0 saturated heterocycles. The minimum atomic E-state index is 0.261. The summed E-state index contributed by atoms with van der Waals surface area (Å²) in [6.07, 6.45) is 3.92. The van der Waals surface area contributed by atoms with Gasteiger partial charge in [0.05, 0.1) is 5.52 Å². The van der Waals surface area contributed by atoms with Gasteiger partial charge in [0.25, 0.3) is 0 Å². The fourth-order valence-electron chi connectivity index (χ4n) is 1.76. The summed E-state index contributed by atoms with van der Waals surface area (Å²) in [5, 5.41) is 1.25. The number of rotatable bonds is 3. The van der Waals surface area contributed by atoms with Crippen LogP contribution in [0.4, 0.5) is 0 Å². The fourth-order valence-corrected chi connectivity index (χ4v) is 1.76. The van der Waals surface area contributed by atoms with Gasteiger partial charge < -0.3 is 5.73 Å². The molecule has 2 heteroatoms. The molecule has 0 amide bonds. The second-order valence-electron chi connectivity index (χ2n) is 4.00. The molecule has 78 valence electrons. The van der Waals surface area contributed by atoms with Crippen molar-refractivity contribution < 1.29 is 0 Å². The molecular weight excluding hydrogens is 184 g/mol. The molecule has 2 N–H and O–H groups in total. The fraction of sp³-hybridized carbons (Fsp3) is 0.308. The van der Waals surface area contributed by atoms with E-state index in [1.807, 2.05) is 25.3 Å². The highest BCUT2D eigenvalue weighted by Gasteiger charge is 2.02. The summed E-state index contributed by atoms with van der Waals surface area (Å²) < 4.78 is 0. The Morgan fingerprint density at radius 3 is 2.87 bits per heavy atom. The van der Waals surface area contributed by atoms with Crippen LogP contribution in [0.15, 0.2) is 36.5 Å². The SMILES string of the molecule is C[C@H](N)CCc1ccnc2ccccc12. The number of benzene rings is 1. The maximum atomic E-state index is 5.77. The Morgan fingerprint density at radius 1 is 1.27 bits per heavy atom. The molecular formula is C13H16N2. The van der Waals surface area contributed by atoms with Crippen molar-refractivity contribution >= 4 is 10.9 Å². The van der Waals surface area contributed by atoms with Crippen molar-refractivity contribution in [2.45, 2.75) is 25.8 Å². The van der Waals surface area contributed by atoms with Crippen LogP contribution in [-0.4, -0.2) is 11.0 Å². The molecule has 15 heavy (non-hydrogen) atoms. The van der Waals surface area contributed by atoms with Gasteiger partial charge in [0, 0.05) is 17.6 Å². The topological polar surface area (TPSA) is 38.9 Å².